The fourth-order valence-corrected chi connectivity index (χ4v) is 2.69. The number of anilines is 1. The fourth-order valence-electron chi connectivity index (χ4n) is 2.43. The maximum absolute atomic E-state index is 10.1. The molecular formula is C15H15BrN2O. The first-order valence-corrected chi connectivity index (χ1v) is 7.04. The SMILES string of the molecule is ON1CN(c2ccc(Br)cc2)CC1c1ccccc1. The Morgan fingerprint density at radius 2 is 1.68 bits per heavy atom. The molecule has 0 saturated carbocycles. The number of halogens is 1. The minimum absolute atomic E-state index is 0.0323. The van der Waals surface area contributed by atoms with E-state index in [4.69, 9.17) is 0 Å². The summed E-state index contributed by atoms with van der Waals surface area (Å²) in [5, 5.41) is 11.5. The van der Waals surface area contributed by atoms with E-state index in [-0.39, 0.29) is 6.04 Å². The Labute approximate surface area is 121 Å². The van der Waals surface area contributed by atoms with Crippen LogP contribution in [0, 0.1) is 0 Å². The molecule has 19 heavy (non-hydrogen) atoms. The van der Waals surface area contributed by atoms with E-state index in [0.717, 1.165) is 22.3 Å². The van der Waals surface area contributed by atoms with Crippen LogP contribution in [0.3, 0.4) is 0 Å². The predicted molar refractivity (Wildman–Crippen MR) is 79.2 cm³/mol. The van der Waals surface area contributed by atoms with Gasteiger partial charge in [0.1, 0.15) is 0 Å². The topological polar surface area (TPSA) is 26.7 Å². The van der Waals surface area contributed by atoms with Crippen LogP contribution < -0.4 is 4.90 Å². The highest BCUT2D eigenvalue weighted by molar-refractivity contribution is 9.10. The van der Waals surface area contributed by atoms with Crippen LogP contribution in [0.5, 0.6) is 0 Å². The van der Waals surface area contributed by atoms with E-state index in [0.29, 0.717) is 6.67 Å². The van der Waals surface area contributed by atoms with E-state index in [1.54, 1.807) is 0 Å². The Morgan fingerprint density at radius 1 is 1.00 bits per heavy atom. The van der Waals surface area contributed by atoms with Gasteiger partial charge in [-0.25, -0.2) is 0 Å². The molecule has 0 aliphatic carbocycles. The Kier molecular flexibility index (Phi) is 3.55. The summed E-state index contributed by atoms with van der Waals surface area (Å²) < 4.78 is 1.07. The largest absolute Gasteiger partial charge is 0.354 e. The second-order valence-electron chi connectivity index (χ2n) is 4.71. The molecule has 1 aliphatic rings. The van der Waals surface area contributed by atoms with E-state index in [9.17, 15) is 5.21 Å². The molecule has 0 spiro atoms. The van der Waals surface area contributed by atoms with Crippen molar-refractivity contribution < 1.29 is 5.21 Å². The summed E-state index contributed by atoms with van der Waals surface area (Å²) in [6.07, 6.45) is 0. The van der Waals surface area contributed by atoms with Crippen molar-refractivity contribution in [2.24, 2.45) is 0 Å². The maximum atomic E-state index is 10.1. The summed E-state index contributed by atoms with van der Waals surface area (Å²) in [7, 11) is 0. The lowest BCUT2D eigenvalue weighted by Gasteiger charge is -2.17. The van der Waals surface area contributed by atoms with Crippen LogP contribution in [0.15, 0.2) is 59.1 Å². The molecule has 0 radical (unpaired) electrons. The number of hydroxylamine groups is 2. The number of benzene rings is 2. The fraction of sp³-hybridized carbons (Fsp3) is 0.200. The van der Waals surface area contributed by atoms with Crippen molar-refractivity contribution in [2.45, 2.75) is 6.04 Å². The Bertz CT molecular complexity index is 544. The molecule has 1 saturated heterocycles. The van der Waals surface area contributed by atoms with E-state index in [1.165, 1.54) is 5.06 Å². The van der Waals surface area contributed by atoms with Gasteiger partial charge < -0.3 is 10.1 Å². The van der Waals surface area contributed by atoms with Gasteiger partial charge in [-0.05, 0) is 29.8 Å². The summed E-state index contributed by atoms with van der Waals surface area (Å²) in [4.78, 5) is 2.17. The lowest BCUT2D eigenvalue weighted by Crippen LogP contribution is -2.22. The van der Waals surface area contributed by atoms with Crippen LogP contribution in [0.25, 0.3) is 0 Å². The van der Waals surface area contributed by atoms with Gasteiger partial charge in [0.2, 0.25) is 0 Å². The minimum atomic E-state index is 0.0323. The second kappa shape index (κ2) is 5.33. The van der Waals surface area contributed by atoms with Crippen LogP contribution in [-0.2, 0) is 0 Å². The molecule has 1 atom stereocenters. The second-order valence-corrected chi connectivity index (χ2v) is 5.62. The lowest BCUT2D eigenvalue weighted by molar-refractivity contribution is -0.101. The van der Waals surface area contributed by atoms with Gasteiger partial charge in [-0.1, -0.05) is 46.3 Å². The van der Waals surface area contributed by atoms with Crippen molar-refractivity contribution in [3.05, 3.63) is 64.6 Å². The van der Waals surface area contributed by atoms with Crippen LogP contribution in [0.2, 0.25) is 0 Å². The van der Waals surface area contributed by atoms with Gasteiger partial charge in [0.25, 0.3) is 0 Å². The van der Waals surface area contributed by atoms with E-state index < -0.39 is 0 Å². The molecule has 0 aromatic heterocycles. The Balaban J connectivity index is 1.80. The van der Waals surface area contributed by atoms with Gasteiger partial charge in [0.05, 0.1) is 12.7 Å². The molecule has 1 N–H and O–H groups in total. The van der Waals surface area contributed by atoms with Crippen molar-refractivity contribution in [1.29, 1.82) is 0 Å². The molecule has 2 aromatic rings. The average molecular weight is 319 g/mol. The summed E-state index contributed by atoms with van der Waals surface area (Å²) in [5.41, 5.74) is 2.27. The lowest BCUT2D eigenvalue weighted by atomic mass is 10.1. The molecule has 0 amide bonds. The van der Waals surface area contributed by atoms with Crippen molar-refractivity contribution in [3.8, 4) is 0 Å². The standard InChI is InChI=1S/C15H15BrN2O/c16-13-6-8-14(9-7-13)17-10-15(18(19)11-17)12-4-2-1-3-5-12/h1-9,15,19H,10-11H2. The quantitative estimate of drug-likeness (QED) is 0.915. The first-order chi connectivity index (χ1) is 9.24. The Hall–Kier alpha value is -1.36. The third kappa shape index (κ3) is 2.66. The van der Waals surface area contributed by atoms with Gasteiger partial charge in [0, 0.05) is 16.7 Å². The third-order valence-electron chi connectivity index (χ3n) is 3.44. The normalized spacial score (nSPS) is 19.9. The highest BCUT2D eigenvalue weighted by Crippen LogP contribution is 2.30. The highest BCUT2D eigenvalue weighted by Gasteiger charge is 2.30. The van der Waals surface area contributed by atoms with Gasteiger partial charge in [-0.15, -0.1) is 0 Å². The summed E-state index contributed by atoms with van der Waals surface area (Å²) in [6, 6.07) is 18.3. The molecule has 0 bridgehead atoms. The van der Waals surface area contributed by atoms with Gasteiger partial charge in [-0.2, -0.15) is 5.06 Å². The number of nitrogens with zero attached hydrogens (tertiary/aromatic N) is 2. The van der Waals surface area contributed by atoms with Crippen molar-refractivity contribution in [3.63, 3.8) is 0 Å². The van der Waals surface area contributed by atoms with Crippen LogP contribution in [0.1, 0.15) is 11.6 Å². The highest BCUT2D eigenvalue weighted by atomic mass is 79.9. The maximum Gasteiger partial charge on any atom is 0.0952 e. The first-order valence-electron chi connectivity index (χ1n) is 6.25. The minimum Gasteiger partial charge on any atom is -0.354 e. The molecule has 3 rings (SSSR count). The molecule has 3 nitrogen and oxygen atoms in total. The number of hydrogen-bond acceptors (Lipinski definition) is 3. The molecule has 98 valence electrons. The molecule has 2 aromatic carbocycles. The molecule has 1 unspecified atom stereocenters. The van der Waals surface area contributed by atoms with Gasteiger partial charge >= 0.3 is 0 Å². The molecule has 1 heterocycles. The summed E-state index contributed by atoms with van der Waals surface area (Å²) in [6.45, 7) is 1.32. The molecular weight excluding hydrogens is 304 g/mol. The molecule has 1 fully saturated rings. The van der Waals surface area contributed by atoms with Crippen molar-refractivity contribution in [2.75, 3.05) is 18.1 Å². The van der Waals surface area contributed by atoms with E-state index in [1.807, 2.05) is 30.3 Å². The van der Waals surface area contributed by atoms with Gasteiger partial charge in [-0.3, -0.25) is 0 Å². The monoisotopic (exact) mass is 318 g/mol. The third-order valence-corrected chi connectivity index (χ3v) is 3.97. The van der Waals surface area contributed by atoms with Crippen LogP contribution in [-0.4, -0.2) is 23.5 Å². The van der Waals surface area contributed by atoms with Gasteiger partial charge in [0.15, 0.2) is 0 Å². The van der Waals surface area contributed by atoms with E-state index >= 15 is 0 Å². The van der Waals surface area contributed by atoms with Crippen LogP contribution in [0.4, 0.5) is 5.69 Å². The average Bonchev–Trinajstić information content (AvgIpc) is 2.83. The van der Waals surface area contributed by atoms with Crippen LogP contribution >= 0.6 is 15.9 Å². The van der Waals surface area contributed by atoms with Crippen molar-refractivity contribution in [1.82, 2.24) is 5.06 Å². The first kappa shape index (κ1) is 12.7. The number of hydrogen-bond donors (Lipinski definition) is 1. The molecule has 4 heteroatoms. The molecule has 1 aliphatic heterocycles. The summed E-state index contributed by atoms with van der Waals surface area (Å²) >= 11 is 3.44. The predicted octanol–water partition coefficient (Wildman–Crippen LogP) is 3.66. The zero-order valence-corrected chi connectivity index (χ0v) is 12.0. The number of rotatable bonds is 2. The van der Waals surface area contributed by atoms with E-state index in [2.05, 4.69) is 45.1 Å². The summed E-state index contributed by atoms with van der Waals surface area (Å²) in [5.74, 6) is 0. The zero-order valence-electron chi connectivity index (χ0n) is 10.4. The smallest absolute Gasteiger partial charge is 0.0952 e. The van der Waals surface area contributed by atoms with Crippen molar-refractivity contribution >= 4 is 21.6 Å². The Morgan fingerprint density at radius 3 is 2.37 bits per heavy atom. The zero-order chi connectivity index (χ0) is 13.2.